The number of benzene rings is 1. The molecule has 0 bridgehead atoms. The molecule has 1 atom stereocenters. The van der Waals surface area contributed by atoms with Gasteiger partial charge in [0.15, 0.2) is 20.4 Å². The molecule has 1 fully saturated rings. The van der Waals surface area contributed by atoms with Gasteiger partial charge in [-0.2, -0.15) is 5.10 Å². The van der Waals surface area contributed by atoms with Crippen LogP contribution in [0.1, 0.15) is 26.2 Å². The first-order chi connectivity index (χ1) is 14.4. The summed E-state index contributed by atoms with van der Waals surface area (Å²) in [6.45, 7) is 7.83. The third-order valence-corrected chi connectivity index (χ3v) is 7.60. The van der Waals surface area contributed by atoms with Crippen LogP contribution in [0.25, 0.3) is 11.4 Å². The Balaban J connectivity index is 1.93. The van der Waals surface area contributed by atoms with Crippen LogP contribution < -0.4 is 4.74 Å². The number of sulfone groups is 1. The Morgan fingerprint density at radius 3 is 2.67 bits per heavy atom. The van der Waals surface area contributed by atoms with Crippen molar-refractivity contribution in [1.82, 2.24) is 19.2 Å². The van der Waals surface area contributed by atoms with Gasteiger partial charge in [-0.1, -0.05) is 19.4 Å². The quantitative estimate of drug-likeness (QED) is 0.407. The molecule has 3 rings (SSSR count). The van der Waals surface area contributed by atoms with Crippen molar-refractivity contribution in [3.63, 3.8) is 0 Å². The van der Waals surface area contributed by atoms with Gasteiger partial charge in [-0.3, -0.25) is 9.47 Å². The lowest BCUT2D eigenvalue weighted by molar-refractivity contribution is 0.152. The molecule has 2 heterocycles. The number of methoxy groups -OCH3 is 1. The molecule has 1 aliphatic heterocycles. The standard InChI is InChI=1S/C21H30N4O3S2/c1-4-6-13-23(18-11-14-30(26,27)15-18)16-25-21(29)24(12-5-2)20(22-25)17-7-9-19(28-3)10-8-17/h5,7-10,18H,2,4,6,11-16H2,1,3H3. The van der Waals surface area contributed by atoms with E-state index < -0.39 is 9.84 Å². The minimum Gasteiger partial charge on any atom is -0.497 e. The maximum Gasteiger partial charge on any atom is 0.199 e. The van der Waals surface area contributed by atoms with E-state index in [2.05, 4.69) is 18.4 Å². The van der Waals surface area contributed by atoms with Crippen molar-refractivity contribution >= 4 is 22.1 Å². The van der Waals surface area contributed by atoms with Crippen LogP contribution in [0.2, 0.25) is 0 Å². The van der Waals surface area contributed by atoms with Crippen LogP contribution in [0.15, 0.2) is 36.9 Å². The van der Waals surface area contributed by atoms with Gasteiger partial charge in [0.1, 0.15) is 5.75 Å². The average molecular weight is 451 g/mol. The molecule has 2 aromatic rings. The van der Waals surface area contributed by atoms with Crippen LogP contribution in [0, 0.1) is 4.77 Å². The third kappa shape index (κ3) is 5.19. The lowest BCUT2D eigenvalue weighted by atomic mass is 10.2. The van der Waals surface area contributed by atoms with Crippen LogP contribution in [0.4, 0.5) is 0 Å². The fraction of sp³-hybridized carbons (Fsp3) is 0.524. The number of nitrogens with zero attached hydrogens (tertiary/aromatic N) is 4. The maximum atomic E-state index is 12.0. The summed E-state index contributed by atoms with van der Waals surface area (Å²) >= 11 is 5.72. The number of ether oxygens (including phenoxy) is 1. The second kappa shape index (κ2) is 9.89. The molecular weight excluding hydrogens is 420 g/mol. The first-order valence-corrected chi connectivity index (χ1v) is 12.5. The van der Waals surface area contributed by atoms with Crippen molar-refractivity contribution in [2.24, 2.45) is 0 Å². The highest BCUT2D eigenvalue weighted by atomic mass is 32.2. The summed E-state index contributed by atoms with van der Waals surface area (Å²) < 4.78 is 33.7. The van der Waals surface area contributed by atoms with Gasteiger partial charge in [0.25, 0.3) is 0 Å². The summed E-state index contributed by atoms with van der Waals surface area (Å²) in [7, 11) is -1.32. The van der Waals surface area contributed by atoms with Gasteiger partial charge in [-0.25, -0.2) is 13.1 Å². The Morgan fingerprint density at radius 1 is 1.37 bits per heavy atom. The molecular formula is C21H30N4O3S2. The Labute approximate surface area is 183 Å². The first-order valence-electron chi connectivity index (χ1n) is 10.3. The van der Waals surface area contributed by atoms with Gasteiger partial charge in [0.05, 0.1) is 25.3 Å². The fourth-order valence-corrected chi connectivity index (χ4v) is 5.77. The van der Waals surface area contributed by atoms with Gasteiger partial charge in [0, 0.05) is 24.7 Å². The molecule has 0 amide bonds. The molecule has 1 saturated heterocycles. The van der Waals surface area contributed by atoms with Crippen molar-refractivity contribution < 1.29 is 13.2 Å². The van der Waals surface area contributed by atoms with Gasteiger partial charge in [-0.05, 0) is 49.3 Å². The molecule has 0 spiro atoms. The number of unbranched alkanes of at least 4 members (excludes halogenated alkanes) is 1. The molecule has 1 aromatic carbocycles. The zero-order chi connectivity index (χ0) is 21.7. The monoisotopic (exact) mass is 450 g/mol. The predicted molar refractivity (Wildman–Crippen MR) is 122 cm³/mol. The van der Waals surface area contributed by atoms with Crippen molar-refractivity contribution in [1.29, 1.82) is 0 Å². The third-order valence-electron chi connectivity index (χ3n) is 5.42. The summed E-state index contributed by atoms with van der Waals surface area (Å²) in [6, 6.07) is 7.72. The van der Waals surface area contributed by atoms with E-state index in [1.807, 2.05) is 28.8 Å². The number of rotatable bonds is 10. The zero-order valence-electron chi connectivity index (χ0n) is 17.7. The van der Waals surface area contributed by atoms with Crippen molar-refractivity contribution in [3.8, 4) is 17.1 Å². The summed E-state index contributed by atoms with van der Waals surface area (Å²) in [5.41, 5.74) is 0.936. The number of hydrogen-bond donors (Lipinski definition) is 0. The largest absolute Gasteiger partial charge is 0.497 e. The highest BCUT2D eigenvalue weighted by molar-refractivity contribution is 7.91. The van der Waals surface area contributed by atoms with Crippen molar-refractivity contribution in [2.75, 3.05) is 25.2 Å². The van der Waals surface area contributed by atoms with E-state index in [0.29, 0.717) is 24.4 Å². The molecule has 0 saturated carbocycles. The number of aromatic nitrogens is 3. The van der Waals surface area contributed by atoms with Crippen LogP contribution in [0.3, 0.4) is 0 Å². The van der Waals surface area contributed by atoms with Crippen molar-refractivity contribution in [2.45, 2.75) is 45.4 Å². The number of hydrogen-bond acceptors (Lipinski definition) is 6. The van der Waals surface area contributed by atoms with Crippen LogP contribution >= 0.6 is 12.2 Å². The Hall–Kier alpha value is -1.97. The second-order valence-electron chi connectivity index (χ2n) is 7.60. The van der Waals surface area contributed by atoms with Crippen molar-refractivity contribution in [3.05, 3.63) is 41.7 Å². The number of allylic oxidation sites excluding steroid dienone is 1. The van der Waals surface area contributed by atoms with E-state index in [1.165, 1.54) is 0 Å². The van der Waals surface area contributed by atoms with E-state index in [1.54, 1.807) is 17.9 Å². The molecule has 7 nitrogen and oxygen atoms in total. The molecule has 0 radical (unpaired) electrons. The Morgan fingerprint density at radius 2 is 2.10 bits per heavy atom. The van der Waals surface area contributed by atoms with E-state index in [9.17, 15) is 8.42 Å². The summed E-state index contributed by atoms with van der Waals surface area (Å²) in [6.07, 6.45) is 4.51. The lowest BCUT2D eigenvalue weighted by Crippen LogP contribution is -2.38. The van der Waals surface area contributed by atoms with Gasteiger partial charge in [0.2, 0.25) is 0 Å². The molecule has 164 valence electrons. The first kappa shape index (κ1) is 22.7. The molecule has 0 aliphatic carbocycles. The van der Waals surface area contributed by atoms with E-state index in [-0.39, 0.29) is 17.5 Å². The Kier molecular flexibility index (Phi) is 7.49. The summed E-state index contributed by atoms with van der Waals surface area (Å²) in [5, 5.41) is 4.81. The SMILES string of the molecule is C=CCn1c(-c2ccc(OC)cc2)nn(CN(CCCC)C2CCS(=O)(=O)C2)c1=S. The lowest BCUT2D eigenvalue weighted by Gasteiger charge is -2.27. The molecule has 0 N–H and O–H groups in total. The predicted octanol–water partition coefficient (Wildman–Crippen LogP) is 3.52. The summed E-state index contributed by atoms with van der Waals surface area (Å²) in [4.78, 5) is 2.22. The zero-order valence-corrected chi connectivity index (χ0v) is 19.3. The second-order valence-corrected chi connectivity index (χ2v) is 10.2. The van der Waals surface area contributed by atoms with Gasteiger partial charge < -0.3 is 4.74 Å². The highest BCUT2D eigenvalue weighted by Gasteiger charge is 2.32. The molecule has 9 heteroatoms. The van der Waals surface area contributed by atoms with Crippen LogP contribution in [-0.2, 0) is 23.1 Å². The summed E-state index contributed by atoms with van der Waals surface area (Å²) in [5.74, 6) is 2.01. The molecule has 1 aromatic heterocycles. The molecule has 30 heavy (non-hydrogen) atoms. The minimum absolute atomic E-state index is 0.0115. The maximum absolute atomic E-state index is 12.0. The molecule has 1 unspecified atom stereocenters. The highest BCUT2D eigenvalue weighted by Crippen LogP contribution is 2.23. The van der Waals surface area contributed by atoms with E-state index in [4.69, 9.17) is 22.1 Å². The van der Waals surface area contributed by atoms with Gasteiger partial charge >= 0.3 is 0 Å². The normalized spacial score (nSPS) is 18.0. The van der Waals surface area contributed by atoms with Gasteiger partial charge in [-0.15, -0.1) is 6.58 Å². The minimum atomic E-state index is -2.96. The van der Waals surface area contributed by atoms with E-state index in [0.717, 1.165) is 36.5 Å². The smallest absolute Gasteiger partial charge is 0.199 e. The Bertz CT molecular complexity index is 1030. The topological polar surface area (TPSA) is 69.4 Å². The fourth-order valence-electron chi connectivity index (χ4n) is 3.75. The van der Waals surface area contributed by atoms with E-state index >= 15 is 0 Å². The van der Waals surface area contributed by atoms with Crippen LogP contribution in [-0.4, -0.2) is 58.9 Å². The average Bonchev–Trinajstić information content (AvgIpc) is 3.25. The molecule has 1 aliphatic rings. The van der Waals surface area contributed by atoms with Crippen LogP contribution in [0.5, 0.6) is 5.75 Å².